The summed E-state index contributed by atoms with van der Waals surface area (Å²) in [6.45, 7) is 5.66. The molecule has 2 rings (SSSR count). The van der Waals surface area contributed by atoms with Crippen LogP contribution in [-0.2, 0) is 6.42 Å². The van der Waals surface area contributed by atoms with Crippen molar-refractivity contribution in [2.75, 3.05) is 31.5 Å². The predicted molar refractivity (Wildman–Crippen MR) is 88.1 cm³/mol. The first-order valence-corrected chi connectivity index (χ1v) is 8.25. The number of urea groups is 1. The number of amides is 2. The normalized spacial score (nSPS) is 16.8. The molecule has 2 N–H and O–H groups in total. The van der Waals surface area contributed by atoms with Crippen LogP contribution in [-0.4, -0.2) is 43.3 Å². The van der Waals surface area contributed by atoms with Crippen molar-refractivity contribution in [2.24, 2.45) is 5.92 Å². The molecule has 1 aliphatic rings. The van der Waals surface area contributed by atoms with Crippen LogP contribution in [0.5, 0.6) is 0 Å². The van der Waals surface area contributed by atoms with Gasteiger partial charge in [-0.25, -0.2) is 4.79 Å². The summed E-state index contributed by atoms with van der Waals surface area (Å²) in [6, 6.07) is 5.51. The average molecular weight is 343 g/mol. The van der Waals surface area contributed by atoms with Gasteiger partial charge in [0.25, 0.3) is 0 Å². The van der Waals surface area contributed by atoms with Crippen LogP contribution >= 0.6 is 0 Å². The predicted octanol–water partition coefficient (Wildman–Crippen LogP) is 3.64. The molecule has 1 atom stereocenters. The van der Waals surface area contributed by atoms with Crippen molar-refractivity contribution in [3.8, 4) is 0 Å². The van der Waals surface area contributed by atoms with Gasteiger partial charge in [-0.15, -0.1) is 0 Å². The van der Waals surface area contributed by atoms with Crippen LogP contribution in [0.25, 0.3) is 0 Å². The quantitative estimate of drug-likeness (QED) is 0.828. The molecule has 2 amide bonds. The number of halogens is 3. The van der Waals surface area contributed by atoms with Gasteiger partial charge in [0.05, 0.1) is 6.42 Å². The highest BCUT2D eigenvalue weighted by Crippen LogP contribution is 2.25. The minimum Gasteiger partial charge on any atom is -0.338 e. The fourth-order valence-corrected chi connectivity index (χ4v) is 2.92. The standard InChI is InChI=1S/C17H24F3N3O/c1-13(12-23-8-4-5-9-23)11-21-16(24)22-15-7-3-2-6-14(15)10-17(18,19)20/h2-3,6-7,13H,4-5,8-12H2,1H3,(H2,21,22,24)/t13-/m1/s1. The van der Waals surface area contributed by atoms with E-state index in [1.165, 1.54) is 31.0 Å². The first kappa shape index (κ1) is 18.6. The number of rotatable bonds is 6. The summed E-state index contributed by atoms with van der Waals surface area (Å²) in [5.41, 5.74) is 0.254. The molecule has 1 aromatic rings. The second-order valence-electron chi connectivity index (χ2n) is 6.40. The SMILES string of the molecule is C[C@H](CNC(=O)Nc1ccccc1CC(F)(F)F)CN1CCCC1. The highest BCUT2D eigenvalue weighted by atomic mass is 19.4. The lowest BCUT2D eigenvalue weighted by atomic mass is 10.1. The number of anilines is 1. The van der Waals surface area contributed by atoms with Crippen LogP contribution in [0.4, 0.5) is 23.7 Å². The molecule has 1 saturated heterocycles. The summed E-state index contributed by atoms with van der Waals surface area (Å²) >= 11 is 0. The second kappa shape index (κ2) is 8.37. The van der Waals surface area contributed by atoms with E-state index in [0.717, 1.165) is 19.6 Å². The molecule has 134 valence electrons. The van der Waals surface area contributed by atoms with Crippen molar-refractivity contribution in [1.29, 1.82) is 0 Å². The molecule has 0 bridgehead atoms. The third-order valence-corrected chi connectivity index (χ3v) is 4.04. The van der Waals surface area contributed by atoms with Crippen molar-refractivity contribution in [2.45, 2.75) is 32.4 Å². The van der Waals surface area contributed by atoms with Gasteiger partial charge in [0.2, 0.25) is 0 Å². The molecule has 0 aliphatic carbocycles. The van der Waals surface area contributed by atoms with Gasteiger partial charge in [-0.2, -0.15) is 13.2 Å². The molecule has 4 nitrogen and oxygen atoms in total. The summed E-state index contributed by atoms with van der Waals surface area (Å²) in [4.78, 5) is 14.3. The van der Waals surface area contributed by atoms with E-state index in [1.807, 2.05) is 0 Å². The highest BCUT2D eigenvalue weighted by Gasteiger charge is 2.29. The summed E-state index contributed by atoms with van der Waals surface area (Å²) in [5.74, 6) is 0.291. The summed E-state index contributed by atoms with van der Waals surface area (Å²) in [5, 5.41) is 5.26. The van der Waals surface area contributed by atoms with Gasteiger partial charge in [-0.05, 0) is 43.5 Å². The van der Waals surface area contributed by atoms with E-state index < -0.39 is 18.6 Å². The number of carbonyl (C=O) groups excluding carboxylic acids is 1. The maximum atomic E-state index is 12.6. The maximum absolute atomic E-state index is 12.6. The first-order valence-electron chi connectivity index (χ1n) is 8.25. The minimum absolute atomic E-state index is 0.0604. The zero-order valence-corrected chi connectivity index (χ0v) is 13.8. The van der Waals surface area contributed by atoms with E-state index in [0.29, 0.717) is 12.5 Å². The van der Waals surface area contributed by atoms with E-state index in [1.54, 1.807) is 6.07 Å². The minimum atomic E-state index is -4.31. The Bertz CT molecular complexity index is 542. The number of nitrogens with zero attached hydrogens (tertiary/aromatic N) is 1. The fourth-order valence-electron chi connectivity index (χ4n) is 2.92. The number of carbonyl (C=O) groups is 1. The molecule has 0 unspecified atom stereocenters. The van der Waals surface area contributed by atoms with Gasteiger partial charge < -0.3 is 15.5 Å². The molecular formula is C17H24F3N3O. The van der Waals surface area contributed by atoms with Gasteiger partial charge in [0.1, 0.15) is 0 Å². The number of hydrogen-bond donors (Lipinski definition) is 2. The zero-order valence-electron chi connectivity index (χ0n) is 13.8. The lowest BCUT2D eigenvalue weighted by Gasteiger charge is -2.20. The monoisotopic (exact) mass is 343 g/mol. The van der Waals surface area contributed by atoms with Crippen molar-refractivity contribution in [1.82, 2.24) is 10.2 Å². The Morgan fingerprint density at radius 1 is 1.25 bits per heavy atom. The van der Waals surface area contributed by atoms with Crippen molar-refractivity contribution < 1.29 is 18.0 Å². The van der Waals surface area contributed by atoms with Crippen LogP contribution in [0.2, 0.25) is 0 Å². The molecule has 0 aromatic heterocycles. The Hall–Kier alpha value is -1.76. The number of para-hydroxylation sites is 1. The molecule has 1 aromatic carbocycles. The Balaban J connectivity index is 1.81. The van der Waals surface area contributed by atoms with Crippen LogP contribution < -0.4 is 10.6 Å². The number of alkyl halides is 3. The molecule has 1 fully saturated rings. The fraction of sp³-hybridized carbons (Fsp3) is 0.588. The summed E-state index contributed by atoms with van der Waals surface area (Å²) in [6.07, 6.45) is -2.93. The van der Waals surface area contributed by atoms with E-state index in [4.69, 9.17) is 0 Å². The van der Waals surface area contributed by atoms with Gasteiger partial charge in [0.15, 0.2) is 0 Å². The van der Waals surface area contributed by atoms with Crippen molar-refractivity contribution in [3.05, 3.63) is 29.8 Å². The first-order chi connectivity index (χ1) is 11.3. The Morgan fingerprint density at radius 2 is 1.92 bits per heavy atom. The van der Waals surface area contributed by atoms with E-state index in [-0.39, 0.29) is 11.3 Å². The second-order valence-corrected chi connectivity index (χ2v) is 6.40. The van der Waals surface area contributed by atoms with Crippen molar-refractivity contribution >= 4 is 11.7 Å². The molecule has 1 heterocycles. The largest absolute Gasteiger partial charge is 0.393 e. The topological polar surface area (TPSA) is 44.4 Å². The summed E-state index contributed by atoms with van der Waals surface area (Å²) < 4.78 is 37.7. The van der Waals surface area contributed by atoms with Crippen molar-refractivity contribution in [3.63, 3.8) is 0 Å². The van der Waals surface area contributed by atoms with Gasteiger partial charge in [-0.1, -0.05) is 25.1 Å². The van der Waals surface area contributed by atoms with Crippen LogP contribution in [0, 0.1) is 5.92 Å². The van der Waals surface area contributed by atoms with E-state index >= 15 is 0 Å². The Kier molecular flexibility index (Phi) is 6.48. The Morgan fingerprint density at radius 3 is 2.58 bits per heavy atom. The van der Waals surface area contributed by atoms with Crippen LogP contribution in [0.1, 0.15) is 25.3 Å². The maximum Gasteiger partial charge on any atom is 0.393 e. The number of likely N-dealkylation sites (tertiary alicyclic amines) is 1. The van der Waals surface area contributed by atoms with Crippen LogP contribution in [0.3, 0.4) is 0 Å². The highest BCUT2D eigenvalue weighted by molar-refractivity contribution is 5.90. The summed E-state index contributed by atoms with van der Waals surface area (Å²) in [7, 11) is 0. The molecule has 0 radical (unpaired) electrons. The smallest absolute Gasteiger partial charge is 0.338 e. The van der Waals surface area contributed by atoms with E-state index in [2.05, 4.69) is 22.5 Å². The van der Waals surface area contributed by atoms with Gasteiger partial charge in [-0.3, -0.25) is 0 Å². The zero-order chi connectivity index (χ0) is 17.6. The number of hydrogen-bond acceptors (Lipinski definition) is 2. The van der Waals surface area contributed by atoms with Gasteiger partial charge >= 0.3 is 12.2 Å². The number of nitrogens with one attached hydrogen (secondary N) is 2. The average Bonchev–Trinajstić information content (AvgIpc) is 2.99. The van der Waals surface area contributed by atoms with Crippen LogP contribution in [0.15, 0.2) is 24.3 Å². The third-order valence-electron chi connectivity index (χ3n) is 4.04. The molecule has 0 saturated carbocycles. The third kappa shape index (κ3) is 6.39. The molecule has 1 aliphatic heterocycles. The lowest BCUT2D eigenvalue weighted by molar-refractivity contribution is -0.127. The lowest BCUT2D eigenvalue weighted by Crippen LogP contribution is -2.36. The number of benzene rings is 1. The van der Waals surface area contributed by atoms with E-state index in [9.17, 15) is 18.0 Å². The van der Waals surface area contributed by atoms with Gasteiger partial charge in [0, 0.05) is 18.8 Å². The molecule has 7 heteroatoms. The molecule has 0 spiro atoms. The molecule has 24 heavy (non-hydrogen) atoms. The molecular weight excluding hydrogens is 319 g/mol. The Labute approximate surface area is 140 Å².